The third kappa shape index (κ3) is 2.97. The van der Waals surface area contributed by atoms with E-state index < -0.39 is 0 Å². The molecular formula is C12H14ClNO2. The standard InChI is InChI=1S/C12H14ClNO2/c13-10-4-1-3-9(7-10)8-16-12(15)11-5-2-6-14-11/h1,3-4,7,11,14H,2,5-6,8H2/t11-/m1/s1. The van der Waals surface area contributed by atoms with E-state index in [9.17, 15) is 4.79 Å². The van der Waals surface area contributed by atoms with Crippen LogP contribution in [0.1, 0.15) is 18.4 Å². The zero-order chi connectivity index (χ0) is 11.4. The molecule has 2 rings (SSSR count). The quantitative estimate of drug-likeness (QED) is 0.822. The van der Waals surface area contributed by atoms with E-state index in [1.54, 1.807) is 12.1 Å². The van der Waals surface area contributed by atoms with Gasteiger partial charge in [-0.1, -0.05) is 23.7 Å². The molecule has 1 aromatic rings. The van der Waals surface area contributed by atoms with Crippen LogP contribution in [0.25, 0.3) is 0 Å². The predicted octanol–water partition coefficient (Wildman–Crippen LogP) is 2.14. The molecule has 0 bridgehead atoms. The highest BCUT2D eigenvalue weighted by molar-refractivity contribution is 6.30. The van der Waals surface area contributed by atoms with Crippen LogP contribution in [0.4, 0.5) is 0 Å². The fourth-order valence-corrected chi connectivity index (χ4v) is 1.98. The molecule has 1 aromatic carbocycles. The Kier molecular flexibility index (Phi) is 3.80. The van der Waals surface area contributed by atoms with Crippen LogP contribution in [0.15, 0.2) is 24.3 Å². The molecular weight excluding hydrogens is 226 g/mol. The molecule has 1 aliphatic heterocycles. The number of hydrogen-bond acceptors (Lipinski definition) is 3. The van der Waals surface area contributed by atoms with Crippen molar-refractivity contribution in [3.8, 4) is 0 Å². The number of halogens is 1. The Hall–Kier alpha value is -1.06. The van der Waals surface area contributed by atoms with Gasteiger partial charge in [-0.25, -0.2) is 0 Å². The number of carbonyl (C=O) groups excluding carboxylic acids is 1. The summed E-state index contributed by atoms with van der Waals surface area (Å²) in [5.41, 5.74) is 0.916. The number of esters is 1. The van der Waals surface area contributed by atoms with E-state index in [1.165, 1.54) is 0 Å². The van der Waals surface area contributed by atoms with Crippen LogP contribution in [0.3, 0.4) is 0 Å². The van der Waals surface area contributed by atoms with Gasteiger partial charge in [0.2, 0.25) is 0 Å². The molecule has 1 heterocycles. The van der Waals surface area contributed by atoms with E-state index >= 15 is 0 Å². The molecule has 0 aliphatic carbocycles. The average Bonchev–Trinajstić information content (AvgIpc) is 2.79. The van der Waals surface area contributed by atoms with E-state index in [1.807, 2.05) is 12.1 Å². The Morgan fingerprint density at radius 3 is 3.12 bits per heavy atom. The lowest BCUT2D eigenvalue weighted by Gasteiger charge is -2.10. The molecule has 1 aliphatic rings. The lowest BCUT2D eigenvalue weighted by Crippen LogP contribution is -2.32. The normalized spacial score (nSPS) is 19.7. The Morgan fingerprint density at radius 2 is 2.44 bits per heavy atom. The van der Waals surface area contributed by atoms with Crippen molar-refractivity contribution >= 4 is 17.6 Å². The summed E-state index contributed by atoms with van der Waals surface area (Å²) in [5.74, 6) is -0.169. The van der Waals surface area contributed by atoms with E-state index in [4.69, 9.17) is 16.3 Å². The second-order valence-corrected chi connectivity index (χ2v) is 4.32. The second kappa shape index (κ2) is 5.32. The van der Waals surface area contributed by atoms with Gasteiger partial charge in [0.25, 0.3) is 0 Å². The summed E-state index contributed by atoms with van der Waals surface area (Å²) in [7, 11) is 0. The summed E-state index contributed by atoms with van der Waals surface area (Å²) in [6, 6.07) is 7.21. The Morgan fingerprint density at radius 1 is 1.56 bits per heavy atom. The monoisotopic (exact) mass is 239 g/mol. The van der Waals surface area contributed by atoms with Crippen LogP contribution in [-0.4, -0.2) is 18.6 Å². The lowest BCUT2D eigenvalue weighted by atomic mass is 10.2. The molecule has 16 heavy (non-hydrogen) atoms. The van der Waals surface area contributed by atoms with Gasteiger partial charge in [0.15, 0.2) is 0 Å². The highest BCUT2D eigenvalue weighted by atomic mass is 35.5. The van der Waals surface area contributed by atoms with Gasteiger partial charge in [-0.15, -0.1) is 0 Å². The average molecular weight is 240 g/mol. The van der Waals surface area contributed by atoms with E-state index in [-0.39, 0.29) is 18.6 Å². The molecule has 0 spiro atoms. The highest BCUT2D eigenvalue weighted by Crippen LogP contribution is 2.13. The molecule has 0 aromatic heterocycles. The minimum absolute atomic E-state index is 0.126. The molecule has 86 valence electrons. The topological polar surface area (TPSA) is 38.3 Å². The minimum Gasteiger partial charge on any atom is -0.460 e. The Bertz CT molecular complexity index is 375. The molecule has 0 amide bonds. The van der Waals surface area contributed by atoms with Crippen LogP contribution in [0, 0.1) is 0 Å². The Labute approximate surface area is 99.7 Å². The predicted molar refractivity (Wildman–Crippen MR) is 62.3 cm³/mol. The van der Waals surface area contributed by atoms with Crippen LogP contribution >= 0.6 is 11.6 Å². The summed E-state index contributed by atoms with van der Waals surface area (Å²) in [6.45, 7) is 1.19. The third-order valence-electron chi connectivity index (χ3n) is 2.61. The van der Waals surface area contributed by atoms with Crippen molar-refractivity contribution in [2.75, 3.05) is 6.54 Å². The van der Waals surface area contributed by atoms with Gasteiger partial charge in [-0.3, -0.25) is 4.79 Å². The van der Waals surface area contributed by atoms with Crippen molar-refractivity contribution in [1.82, 2.24) is 5.32 Å². The zero-order valence-electron chi connectivity index (χ0n) is 8.91. The maximum absolute atomic E-state index is 11.6. The molecule has 1 atom stereocenters. The van der Waals surface area contributed by atoms with Gasteiger partial charge in [0.05, 0.1) is 0 Å². The lowest BCUT2D eigenvalue weighted by molar-refractivity contribution is -0.147. The highest BCUT2D eigenvalue weighted by Gasteiger charge is 2.23. The van der Waals surface area contributed by atoms with E-state index in [0.29, 0.717) is 5.02 Å². The molecule has 1 N–H and O–H groups in total. The number of rotatable bonds is 3. The summed E-state index contributed by atoms with van der Waals surface area (Å²) in [5, 5.41) is 3.76. The van der Waals surface area contributed by atoms with Gasteiger partial charge in [-0.05, 0) is 37.1 Å². The van der Waals surface area contributed by atoms with Crippen LogP contribution in [0.2, 0.25) is 5.02 Å². The molecule has 1 fully saturated rings. The molecule has 0 unspecified atom stereocenters. The number of carbonyl (C=O) groups is 1. The van der Waals surface area contributed by atoms with Crippen molar-refractivity contribution in [1.29, 1.82) is 0 Å². The van der Waals surface area contributed by atoms with Crippen molar-refractivity contribution in [2.45, 2.75) is 25.5 Å². The molecule has 1 saturated heterocycles. The van der Waals surface area contributed by atoms with Crippen LogP contribution in [0.5, 0.6) is 0 Å². The van der Waals surface area contributed by atoms with Gasteiger partial charge < -0.3 is 10.1 Å². The summed E-state index contributed by atoms with van der Waals surface area (Å²) >= 11 is 5.83. The maximum atomic E-state index is 11.6. The zero-order valence-corrected chi connectivity index (χ0v) is 9.67. The van der Waals surface area contributed by atoms with Crippen LogP contribution in [-0.2, 0) is 16.1 Å². The first-order valence-electron chi connectivity index (χ1n) is 5.40. The smallest absolute Gasteiger partial charge is 0.323 e. The second-order valence-electron chi connectivity index (χ2n) is 3.89. The van der Waals surface area contributed by atoms with Crippen molar-refractivity contribution in [2.24, 2.45) is 0 Å². The summed E-state index contributed by atoms with van der Waals surface area (Å²) < 4.78 is 5.21. The first kappa shape index (κ1) is 11.4. The van der Waals surface area contributed by atoms with Crippen molar-refractivity contribution in [3.05, 3.63) is 34.9 Å². The van der Waals surface area contributed by atoms with E-state index in [2.05, 4.69) is 5.32 Å². The molecule has 3 nitrogen and oxygen atoms in total. The SMILES string of the molecule is O=C(OCc1cccc(Cl)c1)[C@H]1CCCN1. The first-order chi connectivity index (χ1) is 7.75. The Balaban J connectivity index is 1.84. The fraction of sp³-hybridized carbons (Fsp3) is 0.417. The first-order valence-corrected chi connectivity index (χ1v) is 5.78. The van der Waals surface area contributed by atoms with Gasteiger partial charge in [-0.2, -0.15) is 0 Å². The number of ether oxygens (including phenoxy) is 1. The number of benzene rings is 1. The fourth-order valence-electron chi connectivity index (χ4n) is 1.77. The molecule has 4 heteroatoms. The molecule has 0 radical (unpaired) electrons. The van der Waals surface area contributed by atoms with Gasteiger partial charge >= 0.3 is 5.97 Å². The number of nitrogens with one attached hydrogen (secondary N) is 1. The third-order valence-corrected chi connectivity index (χ3v) is 2.85. The number of hydrogen-bond donors (Lipinski definition) is 1. The molecule has 0 saturated carbocycles. The summed E-state index contributed by atoms with van der Waals surface area (Å²) in [4.78, 5) is 11.6. The largest absolute Gasteiger partial charge is 0.460 e. The van der Waals surface area contributed by atoms with Crippen molar-refractivity contribution in [3.63, 3.8) is 0 Å². The maximum Gasteiger partial charge on any atom is 0.323 e. The van der Waals surface area contributed by atoms with Crippen LogP contribution < -0.4 is 5.32 Å². The van der Waals surface area contributed by atoms with Gasteiger partial charge in [0.1, 0.15) is 12.6 Å². The van der Waals surface area contributed by atoms with Crippen molar-refractivity contribution < 1.29 is 9.53 Å². The van der Waals surface area contributed by atoms with Gasteiger partial charge in [0, 0.05) is 5.02 Å². The summed E-state index contributed by atoms with van der Waals surface area (Å²) in [6.07, 6.45) is 1.91. The van der Waals surface area contributed by atoms with E-state index in [0.717, 1.165) is 24.9 Å². The minimum atomic E-state index is -0.169.